The molecule has 0 bridgehead atoms. The van der Waals surface area contributed by atoms with Gasteiger partial charge in [0, 0.05) is 23.8 Å². The maximum absolute atomic E-state index is 15.2. The first-order valence-electron chi connectivity index (χ1n) is 16.5. The van der Waals surface area contributed by atoms with Gasteiger partial charge >= 0.3 is 24.0 Å². The molecule has 0 aliphatic heterocycles. The van der Waals surface area contributed by atoms with E-state index in [0.717, 1.165) is 23.0 Å². The largest absolute Gasteiger partial charge is 0.508 e. The van der Waals surface area contributed by atoms with Crippen LogP contribution in [0.5, 0.6) is 11.8 Å². The molecular formula is C35H32ClF4N9O5S. The van der Waals surface area contributed by atoms with E-state index >= 15 is 4.39 Å². The molecule has 0 radical (unpaired) electrons. The van der Waals surface area contributed by atoms with Gasteiger partial charge in [-0.2, -0.15) is 28.1 Å². The van der Waals surface area contributed by atoms with Gasteiger partial charge in [-0.05, 0) is 72.4 Å². The van der Waals surface area contributed by atoms with E-state index in [0.29, 0.717) is 28.1 Å². The number of aromatic nitrogens is 4. The summed E-state index contributed by atoms with van der Waals surface area (Å²) in [5.41, 5.74) is -0.226. The fourth-order valence-corrected chi connectivity index (χ4v) is 6.20. The zero-order chi connectivity index (χ0) is 39.5. The molecule has 14 nitrogen and oxygen atoms in total. The molecule has 55 heavy (non-hydrogen) atoms. The normalized spacial score (nSPS) is 13.5. The van der Waals surface area contributed by atoms with Gasteiger partial charge in [-0.3, -0.25) is 19.7 Å². The Morgan fingerprint density at radius 2 is 1.62 bits per heavy atom. The molecule has 0 atom stereocenters. The predicted octanol–water partition coefficient (Wildman–Crippen LogP) is 6.28. The van der Waals surface area contributed by atoms with Crippen molar-refractivity contribution in [3.05, 3.63) is 82.6 Å². The van der Waals surface area contributed by atoms with Crippen LogP contribution in [0.3, 0.4) is 0 Å². The predicted molar refractivity (Wildman–Crippen MR) is 196 cm³/mol. The Morgan fingerprint density at radius 1 is 0.909 bits per heavy atom. The van der Waals surface area contributed by atoms with Crippen LogP contribution < -0.4 is 31.3 Å². The number of phenols is 1. The topological polar surface area (TPSA) is 192 Å². The minimum atomic E-state index is -4.67. The standard InChI is InChI=1S/C35H32ClF4N9O5S/c1-33(2,16-42-27(52)28(53)45-32-44-24-10-8-21(50)14-25(24)55-32)15-41-26(51)22-9-7-20(13-23(22)37)43-29-46-30(48-31(47-29)54-17-35(38,39)40)49-34(11-12-34)18-3-5-19(36)6-4-18/h3-10,13-14,50H,11-12,15-17H2,1-2H3,(H,41,51)(H,42,52)(H,44,45,53)(H2,43,46,47,48,49). The number of benzene rings is 3. The number of hydrogen-bond acceptors (Lipinski definition) is 12. The quantitative estimate of drug-likeness (QED) is 0.0581. The highest BCUT2D eigenvalue weighted by Crippen LogP contribution is 2.48. The van der Waals surface area contributed by atoms with E-state index in [1.807, 2.05) is 12.1 Å². The maximum atomic E-state index is 15.2. The number of aromatic hydroxyl groups is 1. The Labute approximate surface area is 319 Å². The monoisotopic (exact) mass is 801 g/mol. The molecular weight excluding hydrogens is 770 g/mol. The van der Waals surface area contributed by atoms with Gasteiger partial charge in [0.2, 0.25) is 11.9 Å². The first kappa shape index (κ1) is 38.9. The Morgan fingerprint density at radius 3 is 2.31 bits per heavy atom. The number of carbonyl (C=O) groups is 3. The van der Waals surface area contributed by atoms with E-state index in [1.54, 1.807) is 32.0 Å². The van der Waals surface area contributed by atoms with E-state index in [9.17, 15) is 32.7 Å². The van der Waals surface area contributed by atoms with Crippen molar-refractivity contribution in [3.63, 3.8) is 0 Å². The number of anilines is 4. The molecule has 288 valence electrons. The molecule has 3 aromatic carbocycles. The summed E-state index contributed by atoms with van der Waals surface area (Å²) >= 11 is 7.10. The molecule has 1 saturated carbocycles. The summed E-state index contributed by atoms with van der Waals surface area (Å²) < 4.78 is 59.5. The number of fused-ring (bicyclic) bond motifs is 1. The van der Waals surface area contributed by atoms with E-state index in [2.05, 4.69) is 46.5 Å². The van der Waals surface area contributed by atoms with Crippen LogP contribution in [0, 0.1) is 11.2 Å². The molecule has 1 aliphatic rings. The number of ether oxygens (including phenoxy) is 1. The average Bonchev–Trinajstić information content (AvgIpc) is 3.79. The molecule has 1 fully saturated rings. The first-order valence-corrected chi connectivity index (χ1v) is 17.7. The van der Waals surface area contributed by atoms with Gasteiger partial charge < -0.3 is 31.1 Å². The fourth-order valence-electron chi connectivity index (χ4n) is 5.18. The molecule has 6 rings (SSSR count). The molecule has 2 heterocycles. The Bertz CT molecular complexity index is 2250. The van der Waals surface area contributed by atoms with Gasteiger partial charge in [-0.1, -0.05) is 48.9 Å². The maximum Gasteiger partial charge on any atom is 0.422 e. The summed E-state index contributed by atoms with van der Waals surface area (Å²) in [5.74, 6) is -3.91. The van der Waals surface area contributed by atoms with E-state index in [1.165, 1.54) is 24.3 Å². The molecule has 0 spiro atoms. The second kappa shape index (κ2) is 15.5. The van der Waals surface area contributed by atoms with Crippen molar-refractivity contribution < 1.29 is 41.8 Å². The van der Waals surface area contributed by atoms with Crippen LogP contribution in [0.15, 0.2) is 60.7 Å². The van der Waals surface area contributed by atoms with Crippen LogP contribution in [0.4, 0.5) is 40.3 Å². The van der Waals surface area contributed by atoms with Gasteiger partial charge in [0.25, 0.3) is 5.91 Å². The molecule has 20 heteroatoms. The number of hydrogen-bond donors (Lipinski definition) is 6. The van der Waals surface area contributed by atoms with Crippen molar-refractivity contribution in [1.82, 2.24) is 30.6 Å². The number of nitrogens with one attached hydrogen (secondary N) is 5. The highest BCUT2D eigenvalue weighted by molar-refractivity contribution is 7.22. The van der Waals surface area contributed by atoms with Gasteiger partial charge in [-0.15, -0.1) is 0 Å². The number of nitrogens with zero attached hydrogens (tertiary/aromatic N) is 4. The number of halogens is 5. The van der Waals surface area contributed by atoms with E-state index in [4.69, 9.17) is 16.3 Å². The number of alkyl halides is 3. The minimum absolute atomic E-state index is 0.0205. The Balaban J connectivity index is 1.05. The number of thiazole rings is 1. The lowest BCUT2D eigenvalue weighted by atomic mass is 9.93. The zero-order valence-electron chi connectivity index (χ0n) is 29.0. The zero-order valence-corrected chi connectivity index (χ0v) is 30.5. The molecule has 0 unspecified atom stereocenters. The molecule has 5 aromatic rings. The number of rotatable bonds is 13. The summed E-state index contributed by atoms with van der Waals surface area (Å²) in [4.78, 5) is 54.2. The molecule has 0 saturated heterocycles. The number of carbonyl (C=O) groups excluding carboxylic acids is 3. The number of amides is 3. The van der Waals surface area contributed by atoms with Crippen molar-refractivity contribution in [3.8, 4) is 11.8 Å². The second-order valence-corrected chi connectivity index (χ2v) is 14.8. The molecule has 1 aliphatic carbocycles. The van der Waals surface area contributed by atoms with Crippen LogP contribution in [-0.2, 0) is 15.1 Å². The average molecular weight is 802 g/mol. The minimum Gasteiger partial charge on any atom is -0.508 e. The van der Waals surface area contributed by atoms with E-state index < -0.39 is 53.3 Å². The van der Waals surface area contributed by atoms with Gasteiger partial charge in [0.1, 0.15) is 11.6 Å². The van der Waals surface area contributed by atoms with Crippen molar-refractivity contribution in [1.29, 1.82) is 0 Å². The lowest BCUT2D eigenvalue weighted by Gasteiger charge is -2.25. The van der Waals surface area contributed by atoms with Crippen molar-refractivity contribution >= 4 is 73.6 Å². The smallest absolute Gasteiger partial charge is 0.422 e. The summed E-state index contributed by atoms with van der Waals surface area (Å²) in [5, 5.41) is 23.7. The third-order valence-electron chi connectivity index (χ3n) is 8.20. The summed E-state index contributed by atoms with van der Waals surface area (Å²) in [6.45, 7) is 1.71. The Hall–Kier alpha value is -5.82. The molecule has 6 N–H and O–H groups in total. The summed E-state index contributed by atoms with van der Waals surface area (Å²) in [6.07, 6.45) is -3.31. The fraction of sp³-hybridized carbons (Fsp3) is 0.286. The van der Waals surface area contributed by atoms with Crippen LogP contribution in [0.25, 0.3) is 10.2 Å². The summed E-state index contributed by atoms with van der Waals surface area (Å²) in [7, 11) is 0. The highest BCUT2D eigenvalue weighted by atomic mass is 35.5. The first-order chi connectivity index (χ1) is 26.0. The van der Waals surface area contributed by atoms with Gasteiger partial charge in [-0.25, -0.2) is 9.37 Å². The highest BCUT2D eigenvalue weighted by Gasteiger charge is 2.45. The van der Waals surface area contributed by atoms with Crippen molar-refractivity contribution in [2.75, 3.05) is 35.6 Å². The van der Waals surface area contributed by atoms with Crippen molar-refractivity contribution in [2.45, 2.75) is 38.4 Å². The SMILES string of the molecule is CC(C)(CNC(=O)C(=O)Nc1nc2ccc(O)cc2s1)CNC(=O)c1ccc(Nc2nc(NC3(c4ccc(Cl)cc4)CC3)nc(OCC(F)(F)F)n2)cc1F. The van der Waals surface area contributed by atoms with Crippen LogP contribution in [0.1, 0.15) is 42.6 Å². The lowest BCUT2D eigenvalue weighted by molar-refractivity contribution is -0.154. The van der Waals surface area contributed by atoms with Crippen LogP contribution in [0.2, 0.25) is 5.02 Å². The van der Waals surface area contributed by atoms with Crippen LogP contribution >= 0.6 is 22.9 Å². The molecule has 2 aromatic heterocycles. The molecule has 3 amide bonds. The van der Waals surface area contributed by atoms with Crippen LogP contribution in [-0.4, -0.2) is 68.6 Å². The third-order valence-corrected chi connectivity index (χ3v) is 9.39. The van der Waals surface area contributed by atoms with Crippen molar-refractivity contribution in [2.24, 2.45) is 5.41 Å². The van der Waals surface area contributed by atoms with Gasteiger partial charge in [0.05, 0.1) is 21.3 Å². The second-order valence-electron chi connectivity index (χ2n) is 13.4. The summed E-state index contributed by atoms with van der Waals surface area (Å²) in [6, 6.07) is 14.4. The van der Waals surface area contributed by atoms with E-state index in [-0.39, 0.29) is 47.1 Å². The lowest BCUT2D eigenvalue weighted by Crippen LogP contribution is -2.45. The number of phenolic OH excluding ortho intramolecular Hbond substituents is 1. The third kappa shape index (κ3) is 10.2. The Kier molecular flexibility index (Phi) is 11.0. The van der Waals surface area contributed by atoms with Gasteiger partial charge in [0.15, 0.2) is 11.7 Å².